The van der Waals surface area contributed by atoms with Gasteiger partial charge in [0, 0.05) is 17.7 Å². The van der Waals surface area contributed by atoms with Crippen LogP contribution in [0.3, 0.4) is 0 Å². The number of methoxy groups -OCH3 is 2. The molecule has 2 aromatic carbocycles. The van der Waals surface area contributed by atoms with Crippen molar-refractivity contribution >= 4 is 11.9 Å². The lowest BCUT2D eigenvalue weighted by Crippen LogP contribution is -2.36. The lowest BCUT2D eigenvalue weighted by molar-refractivity contribution is -0.163. The van der Waals surface area contributed by atoms with Crippen molar-refractivity contribution in [3.63, 3.8) is 0 Å². The van der Waals surface area contributed by atoms with E-state index in [9.17, 15) is 9.59 Å². The minimum Gasteiger partial charge on any atom is -0.493 e. The molecule has 32 heavy (non-hydrogen) atoms. The minimum atomic E-state index is -0.859. The van der Waals surface area contributed by atoms with E-state index in [1.807, 2.05) is 45.9 Å². The van der Waals surface area contributed by atoms with Crippen molar-refractivity contribution < 1.29 is 28.5 Å². The third kappa shape index (κ3) is 4.66. The summed E-state index contributed by atoms with van der Waals surface area (Å²) in [5, 5.41) is 2.87. The van der Waals surface area contributed by atoms with Crippen LogP contribution in [0.4, 0.5) is 0 Å². The lowest BCUT2D eigenvalue weighted by Gasteiger charge is -2.28. The third-order valence-corrected chi connectivity index (χ3v) is 5.59. The molecule has 0 aromatic heterocycles. The molecule has 0 fully saturated rings. The Balaban J connectivity index is 2.00. The Morgan fingerprint density at radius 2 is 1.78 bits per heavy atom. The first-order valence-corrected chi connectivity index (χ1v) is 10.7. The van der Waals surface area contributed by atoms with E-state index in [0.29, 0.717) is 35.8 Å². The number of amides is 1. The summed E-state index contributed by atoms with van der Waals surface area (Å²) in [5.41, 5.74) is 2.32. The van der Waals surface area contributed by atoms with Gasteiger partial charge in [-0.15, -0.1) is 0 Å². The van der Waals surface area contributed by atoms with Crippen molar-refractivity contribution in [2.45, 2.75) is 46.3 Å². The fraction of sp³-hybridized carbons (Fsp3) is 0.440. The fourth-order valence-electron chi connectivity index (χ4n) is 3.58. The number of rotatable bonds is 9. The van der Waals surface area contributed by atoms with E-state index in [1.165, 1.54) is 0 Å². The van der Waals surface area contributed by atoms with E-state index in [1.54, 1.807) is 26.4 Å². The number of ether oxygens (including phenoxy) is 4. The number of carbonyl (C=O) groups is 2. The Hall–Kier alpha value is -3.22. The van der Waals surface area contributed by atoms with Crippen molar-refractivity contribution in [2.75, 3.05) is 20.8 Å². The minimum absolute atomic E-state index is 0.0946. The third-order valence-electron chi connectivity index (χ3n) is 5.59. The van der Waals surface area contributed by atoms with Crippen LogP contribution in [0.1, 0.15) is 50.0 Å². The molecule has 1 atom stereocenters. The average molecular weight is 442 g/mol. The molecule has 3 rings (SSSR count). The molecule has 0 spiro atoms. The first-order valence-electron chi connectivity index (χ1n) is 10.7. The van der Waals surface area contributed by atoms with Crippen LogP contribution in [0.15, 0.2) is 30.3 Å². The van der Waals surface area contributed by atoms with Gasteiger partial charge in [0.2, 0.25) is 5.75 Å². The van der Waals surface area contributed by atoms with Gasteiger partial charge in [-0.1, -0.05) is 26.0 Å². The number of nitrogens with one attached hydrogen (secondary N) is 1. The Morgan fingerprint density at radius 1 is 1.06 bits per heavy atom. The number of hydrogen-bond donors (Lipinski definition) is 1. The fourth-order valence-corrected chi connectivity index (χ4v) is 3.58. The van der Waals surface area contributed by atoms with Crippen molar-refractivity contribution in [2.24, 2.45) is 5.92 Å². The summed E-state index contributed by atoms with van der Waals surface area (Å²) in [6.07, 6.45) is 0.704. The predicted octanol–water partition coefficient (Wildman–Crippen LogP) is 4.36. The lowest BCUT2D eigenvalue weighted by atomic mass is 9.95. The molecule has 1 heterocycles. The molecule has 7 nitrogen and oxygen atoms in total. The highest BCUT2D eigenvalue weighted by Crippen LogP contribution is 2.46. The highest BCUT2D eigenvalue weighted by atomic mass is 16.6. The zero-order valence-corrected chi connectivity index (χ0v) is 19.5. The first-order chi connectivity index (χ1) is 15.2. The normalized spacial score (nSPS) is 13.8. The molecule has 0 saturated heterocycles. The van der Waals surface area contributed by atoms with Gasteiger partial charge < -0.3 is 24.3 Å². The van der Waals surface area contributed by atoms with Gasteiger partial charge in [-0.3, -0.25) is 9.59 Å². The van der Waals surface area contributed by atoms with Gasteiger partial charge in [0.25, 0.3) is 5.91 Å². The molecular weight excluding hydrogens is 410 g/mol. The van der Waals surface area contributed by atoms with Gasteiger partial charge >= 0.3 is 5.97 Å². The van der Waals surface area contributed by atoms with E-state index in [0.717, 1.165) is 16.7 Å². The molecule has 1 aliphatic heterocycles. The molecular formula is C25H31NO6. The summed E-state index contributed by atoms with van der Waals surface area (Å²) in [7, 11) is 3.10. The van der Waals surface area contributed by atoms with Crippen molar-refractivity contribution in [3.05, 3.63) is 41.5 Å². The van der Waals surface area contributed by atoms with E-state index in [4.69, 9.17) is 18.9 Å². The van der Waals surface area contributed by atoms with Gasteiger partial charge in [-0.25, -0.2) is 0 Å². The molecule has 1 amide bonds. The average Bonchev–Trinajstić information content (AvgIpc) is 3.17. The Labute approximate surface area is 189 Å². The second-order valence-corrected chi connectivity index (χ2v) is 8.47. The quantitative estimate of drug-likeness (QED) is 0.582. The zero-order valence-electron chi connectivity index (χ0n) is 19.5. The number of fused-ring (bicyclic) bond motifs is 1. The number of hydrogen-bond acceptors (Lipinski definition) is 6. The second-order valence-electron chi connectivity index (χ2n) is 8.47. The van der Waals surface area contributed by atoms with Crippen LogP contribution in [0, 0.1) is 5.92 Å². The molecule has 0 aliphatic carbocycles. The molecule has 7 heteroatoms. The summed E-state index contributed by atoms with van der Waals surface area (Å²) < 4.78 is 23.0. The molecule has 1 N–H and O–H groups in total. The maximum Gasteiger partial charge on any atom is 0.309 e. The van der Waals surface area contributed by atoms with Gasteiger partial charge in [0.05, 0.1) is 20.1 Å². The largest absolute Gasteiger partial charge is 0.493 e. The topological polar surface area (TPSA) is 83.1 Å². The summed E-state index contributed by atoms with van der Waals surface area (Å²) >= 11 is 0. The number of benzene rings is 2. The maximum atomic E-state index is 12.3. The Bertz CT molecular complexity index is 1010. The molecule has 0 bridgehead atoms. The highest BCUT2D eigenvalue weighted by Gasteiger charge is 2.30. The zero-order chi connectivity index (χ0) is 23.5. The SMILES string of the molecule is CCC(C)C(=O)OC(C)(C)COc1c(-c2cccc3c2CNC3=O)ccc(OC)c1OC. The monoisotopic (exact) mass is 441 g/mol. The summed E-state index contributed by atoms with van der Waals surface area (Å²) in [6.45, 7) is 7.95. The van der Waals surface area contributed by atoms with Gasteiger partial charge in [-0.05, 0) is 49.6 Å². The molecule has 0 radical (unpaired) electrons. The van der Waals surface area contributed by atoms with Crippen LogP contribution in [-0.4, -0.2) is 38.3 Å². The molecule has 1 aliphatic rings. The predicted molar refractivity (Wildman–Crippen MR) is 121 cm³/mol. The summed E-state index contributed by atoms with van der Waals surface area (Å²) in [5.74, 6) is 0.874. The molecule has 1 unspecified atom stereocenters. The Kier molecular flexibility index (Phi) is 6.96. The molecule has 0 saturated carbocycles. The van der Waals surface area contributed by atoms with E-state index in [2.05, 4.69) is 5.32 Å². The van der Waals surface area contributed by atoms with E-state index >= 15 is 0 Å². The number of carbonyl (C=O) groups excluding carboxylic acids is 2. The standard InChI is InChI=1S/C25H31NO6/c1-7-15(2)24(28)32-25(3,4)14-31-21-17(11-12-20(29-5)22(21)30-6)16-9-8-10-18-19(16)13-26-23(18)27/h8-12,15H,7,13-14H2,1-6H3,(H,26,27). The van der Waals surface area contributed by atoms with Gasteiger partial charge in [0.1, 0.15) is 12.2 Å². The smallest absolute Gasteiger partial charge is 0.309 e. The van der Waals surface area contributed by atoms with Crippen LogP contribution in [0.25, 0.3) is 11.1 Å². The van der Waals surface area contributed by atoms with E-state index in [-0.39, 0.29) is 24.4 Å². The van der Waals surface area contributed by atoms with E-state index < -0.39 is 5.60 Å². The van der Waals surface area contributed by atoms with Crippen LogP contribution in [0.2, 0.25) is 0 Å². The maximum absolute atomic E-state index is 12.3. The molecule has 172 valence electrons. The van der Waals surface area contributed by atoms with Crippen molar-refractivity contribution in [3.8, 4) is 28.4 Å². The highest BCUT2D eigenvalue weighted by molar-refractivity contribution is 6.01. The van der Waals surface area contributed by atoms with Crippen molar-refractivity contribution in [1.82, 2.24) is 5.32 Å². The summed E-state index contributed by atoms with van der Waals surface area (Å²) in [4.78, 5) is 24.5. The van der Waals surface area contributed by atoms with Gasteiger partial charge in [-0.2, -0.15) is 0 Å². The number of esters is 1. The van der Waals surface area contributed by atoms with Gasteiger partial charge in [0.15, 0.2) is 11.5 Å². The van der Waals surface area contributed by atoms with Crippen LogP contribution < -0.4 is 19.5 Å². The second kappa shape index (κ2) is 9.51. The first kappa shape index (κ1) is 23.4. The van der Waals surface area contributed by atoms with Crippen LogP contribution in [0.5, 0.6) is 17.2 Å². The van der Waals surface area contributed by atoms with Crippen LogP contribution in [-0.2, 0) is 16.1 Å². The Morgan fingerprint density at radius 3 is 2.44 bits per heavy atom. The van der Waals surface area contributed by atoms with Crippen LogP contribution >= 0.6 is 0 Å². The molecule has 2 aromatic rings. The summed E-state index contributed by atoms with van der Waals surface area (Å²) in [6, 6.07) is 9.28. The van der Waals surface area contributed by atoms with Crippen molar-refractivity contribution in [1.29, 1.82) is 0 Å².